The fourth-order valence-corrected chi connectivity index (χ4v) is 3.05. The van der Waals surface area contributed by atoms with Crippen molar-refractivity contribution in [3.63, 3.8) is 0 Å². The average Bonchev–Trinajstić information content (AvgIpc) is 2.62. The molecule has 1 aliphatic heterocycles. The number of amides is 1. The van der Waals surface area contributed by atoms with Crippen molar-refractivity contribution in [1.29, 1.82) is 0 Å². The maximum absolute atomic E-state index is 14.2. The number of hydrogen-bond donors (Lipinski definition) is 1. The molecule has 1 heterocycles. The first-order valence-corrected chi connectivity index (χ1v) is 8.69. The molecule has 0 aliphatic carbocycles. The molecule has 132 valence electrons. The van der Waals surface area contributed by atoms with Gasteiger partial charge < -0.3 is 15.0 Å². The van der Waals surface area contributed by atoms with Crippen LogP contribution in [-0.4, -0.2) is 25.1 Å². The third kappa shape index (κ3) is 3.87. The molecule has 1 aliphatic rings. The van der Waals surface area contributed by atoms with Gasteiger partial charge in [0.25, 0.3) is 5.91 Å². The van der Waals surface area contributed by atoms with Crippen LogP contribution in [0.15, 0.2) is 42.5 Å². The van der Waals surface area contributed by atoms with Crippen molar-refractivity contribution in [2.24, 2.45) is 0 Å². The summed E-state index contributed by atoms with van der Waals surface area (Å²) in [4.78, 5) is 14.3. The lowest BCUT2D eigenvalue weighted by molar-refractivity contribution is -0.127. The molecule has 0 aromatic heterocycles. The van der Waals surface area contributed by atoms with Crippen LogP contribution in [0.2, 0.25) is 5.02 Å². The summed E-state index contributed by atoms with van der Waals surface area (Å²) < 4.78 is 20.0. The first-order chi connectivity index (χ1) is 12.1. The Morgan fingerprint density at radius 3 is 2.88 bits per heavy atom. The van der Waals surface area contributed by atoms with Crippen molar-refractivity contribution >= 4 is 23.2 Å². The Bertz CT molecular complexity index is 749. The summed E-state index contributed by atoms with van der Waals surface area (Å²) in [7, 11) is 0. The summed E-state index contributed by atoms with van der Waals surface area (Å²) in [6.07, 6.45) is 0.204. The third-order valence-electron chi connectivity index (χ3n) is 4.11. The number of benzene rings is 2. The minimum Gasteiger partial charge on any atom is -0.477 e. The highest BCUT2D eigenvalue weighted by Gasteiger charge is 2.31. The molecule has 0 fully saturated rings. The van der Waals surface area contributed by atoms with Crippen molar-refractivity contribution in [3.05, 3.63) is 58.9 Å². The second-order valence-corrected chi connectivity index (χ2v) is 6.35. The molecule has 1 amide bonds. The summed E-state index contributed by atoms with van der Waals surface area (Å²) >= 11 is 6.17. The van der Waals surface area contributed by atoms with Crippen molar-refractivity contribution < 1.29 is 13.9 Å². The van der Waals surface area contributed by atoms with Gasteiger partial charge in [-0.15, -0.1) is 0 Å². The van der Waals surface area contributed by atoms with E-state index in [0.29, 0.717) is 29.4 Å². The van der Waals surface area contributed by atoms with E-state index in [4.69, 9.17) is 16.3 Å². The van der Waals surface area contributed by atoms with Crippen LogP contribution in [0.4, 0.5) is 10.1 Å². The Hall–Kier alpha value is -2.27. The minimum absolute atomic E-state index is 0.166. The van der Waals surface area contributed by atoms with E-state index in [1.165, 1.54) is 6.07 Å². The number of rotatable bonds is 5. The van der Waals surface area contributed by atoms with Gasteiger partial charge in [-0.25, -0.2) is 4.39 Å². The van der Waals surface area contributed by atoms with Gasteiger partial charge in [-0.1, -0.05) is 36.7 Å². The van der Waals surface area contributed by atoms with Crippen LogP contribution < -0.4 is 15.0 Å². The molecule has 25 heavy (non-hydrogen) atoms. The van der Waals surface area contributed by atoms with E-state index in [9.17, 15) is 9.18 Å². The summed E-state index contributed by atoms with van der Waals surface area (Å²) in [6, 6.07) is 12.1. The molecular formula is C19H20ClFN2O2. The van der Waals surface area contributed by atoms with Gasteiger partial charge in [0.1, 0.15) is 11.6 Å². The lowest BCUT2D eigenvalue weighted by Crippen LogP contribution is -2.49. The van der Waals surface area contributed by atoms with E-state index in [1.807, 2.05) is 36.1 Å². The number of nitrogens with one attached hydrogen (secondary N) is 1. The summed E-state index contributed by atoms with van der Waals surface area (Å²) in [5.41, 5.74) is 1.23. The molecule has 0 bridgehead atoms. The zero-order valence-corrected chi connectivity index (χ0v) is 14.7. The Labute approximate surface area is 151 Å². The predicted molar refractivity (Wildman–Crippen MR) is 96.6 cm³/mol. The van der Waals surface area contributed by atoms with Crippen LogP contribution in [0, 0.1) is 5.82 Å². The second kappa shape index (κ2) is 7.74. The molecule has 4 nitrogen and oxygen atoms in total. The molecule has 0 saturated carbocycles. The van der Waals surface area contributed by atoms with Crippen LogP contribution in [-0.2, 0) is 11.3 Å². The molecule has 6 heteroatoms. The van der Waals surface area contributed by atoms with Crippen LogP contribution in [0.25, 0.3) is 0 Å². The monoisotopic (exact) mass is 362 g/mol. The Kier molecular flexibility index (Phi) is 5.43. The topological polar surface area (TPSA) is 41.6 Å². The third-order valence-corrected chi connectivity index (χ3v) is 4.47. The zero-order valence-electron chi connectivity index (χ0n) is 14.0. The maximum Gasteiger partial charge on any atom is 0.262 e. The quantitative estimate of drug-likeness (QED) is 0.880. The molecule has 3 rings (SSSR count). The number of carbonyl (C=O) groups is 1. The highest BCUT2D eigenvalue weighted by atomic mass is 35.5. The van der Waals surface area contributed by atoms with E-state index in [1.54, 1.807) is 12.1 Å². The second-order valence-electron chi connectivity index (χ2n) is 5.95. The van der Waals surface area contributed by atoms with Crippen LogP contribution in [0.1, 0.15) is 18.9 Å². The molecule has 2 aromatic rings. The molecule has 0 saturated heterocycles. The van der Waals surface area contributed by atoms with Crippen molar-refractivity contribution in [2.75, 3.05) is 18.0 Å². The number of nitrogens with zero attached hydrogens (tertiary/aromatic N) is 1. The molecule has 0 unspecified atom stereocenters. The van der Waals surface area contributed by atoms with Gasteiger partial charge in [0.2, 0.25) is 0 Å². The van der Waals surface area contributed by atoms with Gasteiger partial charge in [-0.05, 0) is 30.7 Å². The smallest absolute Gasteiger partial charge is 0.262 e. The fraction of sp³-hybridized carbons (Fsp3) is 0.316. The first kappa shape index (κ1) is 17.5. The lowest BCUT2D eigenvalue weighted by atomic mass is 10.1. The SMILES string of the molecule is CCCNC(=O)[C@@H]1CN(Cc2c(F)cccc2Cl)c2ccccc2O1. The number of para-hydroxylation sites is 2. The maximum atomic E-state index is 14.2. The zero-order chi connectivity index (χ0) is 17.8. The predicted octanol–water partition coefficient (Wildman–Crippen LogP) is 3.77. The van der Waals surface area contributed by atoms with E-state index in [-0.39, 0.29) is 18.3 Å². The molecule has 1 atom stereocenters. The van der Waals surface area contributed by atoms with Crippen molar-refractivity contribution in [2.45, 2.75) is 26.0 Å². The van der Waals surface area contributed by atoms with E-state index in [2.05, 4.69) is 5.32 Å². The first-order valence-electron chi connectivity index (χ1n) is 8.31. The van der Waals surface area contributed by atoms with E-state index in [0.717, 1.165) is 12.1 Å². The molecular weight excluding hydrogens is 343 g/mol. The van der Waals surface area contributed by atoms with E-state index < -0.39 is 6.10 Å². The molecule has 2 aromatic carbocycles. The highest BCUT2D eigenvalue weighted by Crippen LogP contribution is 2.35. The lowest BCUT2D eigenvalue weighted by Gasteiger charge is -2.35. The van der Waals surface area contributed by atoms with Gasteiger partial charge in [0.15, 0.2) is 6.10 Å². The Morgan fingerprint density at radius 1 is 1.32 bits per heavy atom. The van der Waals surface area contributed by atoms with E-state index >= 15 is 0 Å². The summed E-state index contributed by atoms with van der Waals surface area (Å²) in [6.45, 7) is 3.18. The van der Waals surface area contributed by atoms with Crippen LogP contribution in [0.3, 0.4) is 0 Å². The average molecular weight is 363 g/mol. The summed E-state index contributed by atoms with van der Waals surface area (Å²) in [5.74, 6) is 0.0855. The number of carbonyl (C=O) groups excluding carboxylic acids is 1. The fourth-order valence-electron chi connectivity index (χ4n) is 2.83. The summed E-state index contributed by atoms with van der Waals surface area (Å²) in [5, 5.41) is 3.22. The number of ether oxygens (including phenoxy) is 1. The molecule has 0 spiro atoms. The number of anilines is 1. The van der Waals surface area contributed by atoms with Gasteiger partial charge >= 0.3 is 0 Å². The molecule has 1 N–H and O–H groups in total. The number of halogens is 2. The minimum atomic E-state index is -0.646. The van der Waals surface area contributed by atoms with Gasteiger partial charge in [0.05, 0.1) is 12.2 Å². The van der Waals surface area contributed by atoms with Gasteiger partial charge in [-0.2, -0.15) is 0 Å². The van der Waals surface area contributed by atoms with Crippen LogP contribution in [0.5, 0.6) is 5.75 Å². The number of hydrogen-bond acceptors (Lipinski definition) is 3. The normalized spacial score (nSPS) is 16.1. The van der Waals surface area contributed by atoms with Crippen molar-refractivity contribution in [1.82, 2.24) is 5.32 Å². The van der Waals surface area contributed by atoms with Crippen LogP contribution >= 0.6 is 11.6 Å². The standard InChI is InChI=1S/C19H20ClFN2O2/c1-2-10-22-19(24)18-12-23(16-8-3-4-9-17(16)25-18)11-13-14(20)6-5-7-15(13)21/h3-9,18H,2,10-12H2,1H3,(H,22,24)/t18-/m0/s1. The molecule has 0 radical (unpaired) electrons. The van der Waals surface area contributed by atoms with Gasteiger partial charge in [-0.3, -0.25) is 4.79 Å². The Balaban J connectivity index is 1.88. The van der Waals surface area contributed by atoms with Gasteiger partial charge in [0, 0.05) is 23.7 Å². The Morgan fingerprint density at radius 2 is 2.12 bits per heavy atom. The van der Waals surface area contributed by atoms with Crippen molar-refractivity contribution in [3.8, 4) is 5.75 Å². The largest absolute Gasteiger partial charge is 0.477 e. The number of fused-ring (bicyclic) bond motifs is 1. The highest BCUT2D eigenvalue weighted by molar-refractivity contribution is 6.31.